The van der Waals surface area contributed by atoms with E-state index in [-0.39, 0.29) is 0 Å². The third-order valence-electron chi connectivity index (χ3n) is 2.14. The highest BCUT2D eigenvalue weighted by atomic mass is 79.9. The molecule has 0 amide bonds. The van der Waals surface area contributed by atoms with Crippen LogP contribution in [0, 0.1) is 5.92 Å². The van der Waals surface area contributed by atoms with Gasteiger partial charge in [-0.05, 0) is 46.0 Å². The van der Waals surface area contributed by atoms with Crippen LogP contribution in [0.15, 0.2) is 16.6 Å². The molecule has 0 aliphatic heterocycles. The zero-order chi connectivity index (χ0) is 11.4. The van der Waals surface area contributed by atoms with Crippen LogP contribution < -0.4 is 9.47 Å². The van der Waals surface area contributed by atoms with Gasteiger partial charge in [0.2, 0.25) is 0 Å². The van der Waals surface area contributed by atoms with Crippen molar-refractivity contribution in [1.29, 1.82) is 0 Å². The van der Waals surface area contributed by atoms with Crippen LogP contribution in [-0.4, -0.2) is 14.2 Å². The van der Waals surface area contributed by atoms with E-state index < -0.39 is 0 Å². The number of rotatable bonds is 4. The van der Waals surface area contributed by atoms with E-state index in [1.807, 2.05) is 6.07 Å². The van der Waals surface area contributed by atoms with Gasteiger partial charge in [0, 0.05) is 0 Å². The lowest BCUT2D eigenvalue weighted by atomic mass is 10.0. The van der Waals surface area contributed by atoms with E-state index in [2.05, 4.69) is 35.8 Å². The fraction of sp³-hybridized carbons (Fsp3) is 0.500. The maximum Gasteiger partial charge on any atom is 0.174 e. The molecule has 84 valence electrons. The lowest BCUT2D eigenvalue weighted by molar-refractivity contribution is 0.352. The molecule has 0 saturated heterocycles. The predicted molar refractivity (Wildman–Crippen MR) is 65.8 cm³/mol. The third kappa shape index (κ3) is 3.13. The van der Waals surface area contributed by atoms with Crippen LogP contribution in [0.3, 0.4) is 0 Å². The first-order chi connectivity index (χ1) is 7.08. The summed E-state index contributed by atoms with van der Waals surface area (Å²) in [7, 11) is 3.30. The van der Waals surface area contributed by atoms with Gasteiger partial charge in [0.15, 0.2) is 11.5 Å². The Morgan fingerprint density at radius 3 is 2.33 bits per heavy atom. The molecule has 0 atom stereocenters. The van der Waals surface area contributed by atoms with E-state index in [0.717, 1.165) is 22.4 Å². The van der Waals surface area contributed by atoms with Crippen molar-refractivity contribution in [3.63, 3.8) is 0 Å². The maximum atomic E-state index is 5.28. The highest BCUT2D eigenvalue weighted by Gasteiger charge is 2.10. The minimum absolute atomic E-state index is 0.634. The Morgan fingerprint density at radius 1 is 1.20 bits per heavy atom. The first-order valence-electron chi connectivity index (χ1n) is 4.98. The third-order valence-corrected chi connectivity index (χ3v) is 2.73. The van der Waals surface area contributed by atoms with Crippen molar-refractivity contribution >= 4 is 15.9 Å². The normalized spacial score (nSPS) is 10.5. The number of methoxy groups -OCH3 is 2. The van der Waals surface area contributed by atoms with Crippen LogP contribution in [0.4, 0.5) is 0 Å². The molecule has 3 heteroatoms. The van der Waals surface area contributed by atoms with E-state index in [4.69, 9.17) is 9.47 Å². The van der Waals surface area contributed by atoms with Crippen molar-refractivity contribution < 1.29 is 9.47 Å². The second-order valence-corrected chi connectivity index (χ2v) is 4.77. The summed E-state index contributed by atoms with van der Waals surface area (Å²) >= 11 is 3.48. The van der Waals surface area contributed by atoms with Gasteiger partial charge >= 0.3 is 0 Å². The van der Waals surface area contributed by atoms with E-state index in [1.54, 1.807) is 14.2 Å². The molecular weight excluding hydrogens is 256 g/mol. The van der Waals surface area contributed by atoms with E-state index in [0.29, 0.717) is 5.92 Å². The van der Waals surface area contributed by atoms with Crippen LogP contribution in [0.1, 0.15) is 19.4 Å². The summed E-state index contributed by atoms with van der Waals surface area (Å²) < 4.78 is 11.5. The molecule has 1 rings (SSSR count). The number of hydrogen-bond acceptors (Lipinski definition) is 2. The minimum atomic E-state index is 0.634. The Bertz CT molecular complexity index is 335. The van der Waals surface area contributed by atoms with Gasteiger partial charge in [0.1, 0.15) is 0 Å². The first kappa shape index (κ1) is 12.4. The molecule has 0 N–H and O–H groups in total. The smallest absolute Gasteiger partial charge is 0.174 e. The Morgan fingerprint density at radius 2 is 1.87 bits per heavy atom. The molecule has 0 unspecified atom stereocenters. The number of benzene rings is 1. The van der Waals surface area contributed by atoms with E-state index >= 15 is 0 Å². The molecule has 0 aromatic heterocycles. The van der Waals surface area contributed by atoms with Gasteiger partial charge in [0.05, 0.1) is 18.7 Å². The standard InChI is InChI=1S/C12H17BrO2/c1-8(2)5-9-6-10(13)12(15-4)11(7-9)14-3/h6-8H,5H2,1-4H3. The second kappa shape index (κ2) is 5.40. The molecule has 1 aromatic rings. The lowest BCUT2D eigenvalue weighted by Gasteiger charge is -2.12. The fourth-order valence-electron chi connectivity index (χ4n) is 1.56. The van der Waals surface area contributed by atoms with Gasteiger partial charge in [-0.3, -0.25) is 0 Å². The molecule has 0 radical (unpaired) electrons. The van der Waals surface area contributed by atoms with Crippen LogP contribution in [0.5, 0.6) is 11.5 Å². The van der Waals surface area contributed by atoms with Crippen molar-refractivity contribution in [3.05, 3.63) is 22.2 Å². The zero-order valence-electron chi connectivity index (χ0n) is 9.63. The van der Waals surface area contributed by atoms with E-state index in [9.17, 15) is 0 Å². The molecule has 0 bridgehead atoms. The summed E-state index contributed by atoms with van der Waals surface area (Å²) in [6.07, 6.45) is 1.04. The topological polar surface area (TPSA) is 18.5 Å². The number of hydrogen-bond donors (Lipinski definition) is 0. The molecule has 0 heterocycles. The van der Waals surface area contributed by atoms with Gasteiger partial charge in [-0.2, -0.15) is 0 Å². The molecule has 0 spiro atoms. The molecule has 0 fully saturated rings. The minimum Gasteiger partial charge on any atom is -0.493 e. The van der Waals surface area contributed by atoms with Gasteiger partial charge in [-0.1, -0.05) is 13.8 Å². The van der Waals surface area contributed by atoms with Crippen LogP contribution in [0.25, 0.3) is 0 Å². The monoisotopic (exact) mass is 272 g/mol. The average molecular weight is 273 g/mol. The SMILES string of the molecule is COc1cc(CC(C)C)cc(Br)c1OC. The lowest BCUT2D eigenvalue weighted by Crippen LogP contribution is -1.97. The molecule has 2 nitrogen and oxygen atoms in total. The first-order valence-corrected chi connectivity index (χ1v) is 5.78. The number of halogens is 1. The van der Waals surface area contributed by atoms with Gasteiger partial charge < -0.3 is 9.47 Å². The number of ether oxygens (including phenoxy) is 2. The Hall–Kier alpha value is -0.700. The average Bonchev–Trinajstić information content (AvgIpc) is 2.15. The molecular formula is C12H17BrO2. The van der Waals surface area contributed by atoms with Crippen molar-refractivity contribution in [2.24, 2.45) is 5.92 Å². The largest absolute Gasteiger partial charge is 0.493 e. The summed E-state index contributed by atoms with van der Waals surface area (Å²) in [6.45, 7) is 4.40. The van der Waals surface area contributed by atoms with Crippen LogP contribution in [-0.2, 0) is 6.42 Å². The molecule has 1 aromatic carbocycles. The van der Waals surface area contributed by atoms with Crippen molar-refractivity contribution in [2.45, 2.75) is 20.3 Å². The molecule has 15 heavy (non-hydrogen) atoms. The van der Waals surface area contributed by atoms with Gasteiger partial charge in [-0.15, -0.1) is 0 Å². The van der Waals surface area contributed by atoms with Gasteiger partial charge in [-0.25, -0.2) is 0 Å². The summed E-state index contributed by atoms with van der Waals surface area (Å²) in [5.41, 5.74) is 1.26. The Balaban J connectivity index is 3.08. The summed E-state index contributed by atoms with van der Waals surface area (Å²) in [6, 6.07) is 4.12. The zero-order valence-corrected chi connectivity index (χ0v) is 11.2. The van der Waals surface area contributed by atoms with E-state index in [1.165, 1.54) is 5.56 Å². The molecule has 0 saturated carbocycles. The predicted octanol–water partition coefficient (Wildman–Crippen LogP) is 3.66. The van der Waals surface area contributed by atoms with Gasteiger partial charge in [0.25, 0.3) is 0 Å². The summed E-state index contributed by atoms with van der Waals surface area (Å²) in [5, 5.41) is 0. The second-order valence-electron chi connectivity index (χ2n) is 3.91. The quantitative estimate of drug-likeness (QED) is 0.833. The Kier molecular flexibility index (Phi) is 4.45. The van der Waals surface area contributed by atoms with Crippen molar-refractivity contribution in [3.8, 4) is 11.5 Å². The van der Waals surface area contributed by atoms with Crippen LogP contribution >= 0.6 is 15.9 Å². The van der Waals surface area contributed by atoms with Crippen LogP contribution in [0.2, 0.25) is 0 Å². The summed E-state index contributed by atoms with van der Waals surface area (Å²) in [4.78, 5) is 0. The highest BCUT2D eigenvalue weighted by molar-refractivity contribution is 9.10. The Labute approximate surface area is 99.7 Å². The molecule has 0 aliphatic carbocycles. The molecule has 0 aliphatic rings. The van der Waals surface area contributed by atoms with Crippen molar-refractivity contribution in [2.75, 3.05) is 14.2 Å². The van der Waals surface area contributed by atoms with Crippen molar-refractivity contribution in [1.82, 2.24) is 0 Å². The summed E-state index contributed by atoms with van der Waals surface area (Å²) in [5.74, 6) is 2.17. The highest BCUT2D eigenvalue weighted by Crippen LogP contribution is 2.36. The fourth-order valence-corrected chi connectivity index (χ4v) is 2.21. The maximum absolute atomic E-state index is 5.28.